The molecule has 5 heteroatoms. The number of nitrogens with zero attached hydrogens (tertiary/aromatic N) is 2. The average Bonchev–Trinajstić information content (AvgIpc) is 2.97. The van der Waals surface area contributed by atoms with Crippen molar-refractivity contribution in [3.63, 3.8) is 0 Å². The Morgan fingerprint density at radius 1 is 1.20 bits per heavy atom. The Morgan fingerprint density at radius 2 is 1.95 bits per heavy atom. The standard InChI is InChI=1S/C15H22N2O2S/c1-10-11(2)17(12-6-4-3-5-7-12)15(16-10)20-13-8-9-19-14(13)18/h12-13H,3-9H2,1-2H3. The van der Waals surface area contributed by atoms with Gasteiger partial charge in [-0.25, -0.2) is 4.98 Å². The van der Waals surface area contributed by atoms with Crippen molar-refractivity contribution in [3.05, 3.63) is 11.4 Å². The Bertz CT molecular complexity index is 506. The molecule has 1 aromatic heterocycles. The van der Waals surface area contributed by atoms with Crippen molar-refractivity contribution in [2.75, 3.05) is 6.61 Å². The molecule has 20 heavy (non-hydrogen) atoms. The van der Waals surface area contributed by atoms with Crippen LogP contribution < -0.4 is 0 Å². The summed E-state index contributed by atoms with van der Waals surface area (Å²) in [5.41, 5.74) is 2.34. The monoisotopic (exact) mass is 294 g/mol. The second-order valence-corrected chi connectivity index (χ2v) is 6.96. The van der Waals surface area contributed by atoms with E-state index in [1.807, 2.05) is 0 Å². The summed E-state index contributed by atoms with van der Waals surface area (Å²) in [6.45, 7) is 4.76. The second kappa shape index (κ2) is 5.80. The predicted molar refractivity (Wildman–Crippen MR) is 79.0 cm³/mol. The lowest BCUT2D eigenvalue weighted by atomic mass is 9.95. The molecule has 2 fully saturated rings. The topological polar surface area (TPSA) is 44.1 Å². The molecule has 1 unspecified atom stereocenters. The van der Waals surface area contributed by atoms with E-state index < -0.39 is 0 Å². The fourth-order valence-electron chi connectivity index (χ4n) is 3.16. The normalized spacial score (nSPS) is 24.1. The summed E-state index contributed by atoms with van der Waals surface area (Å²) in [6.07, 6.45) is 7.23. The van der Waals surface area contributed by atoms with Gasteiger partial charge in [0.2, 0.25) is 0 Å². The van der Waals surface area contributed by atoms with Gasteiger partial charge in [0.1, 0.15) is 5.25 Å². The molecule has 2 aliphatic rings. The van der Waals surface area contributed by atoms with Crippen LogP contribution in [0, 0.1) is 13.8 Å². The number of esters is 1. The van der Waals surface area contributed by atoms with E-state index in [9.17, 15) is 4.79 Å². The van der Waals surface area contributed by atoms with Crippen molar-refractivity contribution in [1.82, 2.24) is 9.55 Å². The zero-order chi connectivity index (χ0) is 14.1. The highest BCUT2D eigenvalue weighted by molar-refractivity contribution is 8.00. The van der Waals surface area contributed by atoms with Crippen molar-refractivity contribution >= 4 is 17.7 Å². The largest absolute Gasteiger partial charge is 0.465 e. The highest BCUT2D eigenvalue weighted by atomic mass is 32.2. The van der Waals surface area contributed by atoms with Crippen LogP contribution in [-0.2, 0) is 9.53 Å². The minimum Gasteiger partial charge on any atom is -0.465 e. The summed E-state index contributed by atoms with van der Waals surface area (Å²) >= 11 is 1.59. The van der Waals surface area contributed by atoms with Crippen molar-refractivity contribution in [1.29, 1.82) is 0 Å². The number of hydrogen-bond acceptors (Lipinski definition) is 4. The smallest absolute Gasteiger partial charge is 0.319 e. The molecular weight excluding hydrogens is 272 g/mol. The second-order valence-electron chi connectivity index (χ2n) is 5.79. The Labute approximate surface area is 124 Å². The number of cyclic esters (lactones) is 1. The molecule has 1 saturated heterocycles. The number of aryl methyl sites for hydroxylation is 1. The van der Waals surface area contributed by atoms with Gasteiger partial charge in [0.15, 0.2) is 5.16 Å². The fraction of sp³-hybridized carbons (Fsp3) is 0.733. The first-order valence-corrected chi connectivity index (χ1v) is 8.43. The summed E-state index contributed by atoms with van der Waals surface area (Å²) in [6, 6.07) is 0.560. The highest BCUT2D eigenvalue weighted by Gasteiger charge is 2.31. The third-order valence-corrected chi connectivity index (χ3v) is 5.64. The van der Waals surface area contributed by atoms with Gasteiger partial charge >= 0.3 is 5.97 Å². The maximum absolute atomic E-state index is 11.7. The number of hydrogen-bond donors (Lipinski definition) is 0. The number of ether oxygens (including phenoxy) is 1. The molecule has 2 heterocycles. The van der Waals surface area contributed by atoms with Gasteiger partial charge in [0.05, 0.1) is 12.3 Å². The molecule has 110 valence electrons. The van der Waals surface area contributed by atoms with Crippen LogP contribution in [0.4, 0.5) is 0 Å². The van der Waals surface area contributed by atoms with Gasteiger partial charge in [0.25, 0.3) is 0 Å². The minimum absolute atomic E-state index is 0.0708. The number of carbonyl (C=O) groups is 1. The Hall–Kier alpha value is -0.970. The zero-order valence-corrected chi connectivity index (χ0v) is 13.0. The molecule has 1 aromatic rings. The Morgan fingerprint density at radius 3 is 2.60 bits per heavy atom. The van der Waals surface area contributed by atoms with Crippen molar-refractivity contribution < 1.29 is 9.53 Å². The van der Waals surface area contributed by atoms with E-state index in [1.54, 1.807) is 11.8 Å². The van der Waals surface area contributed by atoms with E-state index >= 15 is 0 Å². The number of thioether (sulfide) groups is 1. The summed E-state index contributed by atoms with van der Waals surface area (Å²) in [5, 5.41) is 0.939. The maximum atomic E-state index is 11.7. The van der Waals surface area contributed by atoms with E-state index in [-0.39, 0.29) is 11.2 Å². The van der Waals surface area contributed by atoms with Crippen LogP contribution in [0.5, 0.6) is 0 Å². The summed E-state index contributed by atoms with van der Waals surface area (Å²) in [5.74, 6) is -0.0801. The van der Waals surface area contributed by atoms with Crippen LogP contribution in [0.3, 0.4) is 0 Å². The van der Waals surface area contributed by atoms with Gasteiger partial charge in [-0.1, -0.05) is 31.0 Å². The first-order chi connectivity index (χ1) is 9.66. The molecule has 3 rings (SSSR count). The van der Waals surface area contributed by atoms with Gasteiger partial charge in [-0.05, 0) is 26.7 Å². The first-order valence-electron chi connectivity index (χ1n) is 7.55. The van der Waals surface area contributed by atoms with Crippen LogP contribution in [0.15, 0.2) is 5.16 Å². The fourth-order valence-corrected chi connectivity index (χ4v) is 4.38. The SMILES string of the molecule is Cc1nc(SC2CCOC2=O)n(C2CCCCC2)c1C. The van der Waals surface area contributed by atoms with Gasteiger partial charge in [0, 0.05) is 18.2 Å². The number of carbonyl (C=O) groups excluding carboxylic acids is 1. The summed E-state index contributed by atoms with van der Waals surface area (Å²) < 4.78 is 7.44. The lowest BCUT2D eigenvalue weighted by Gasteiger charge is -2.26. The molecular formula is C15H22N2O2S. The molecule has 1 aliphatic carbocycles. The van der Waals surface area contributed by atoms with E-state index in [0.29, 0.717) is 12.6 Å². The lowest BCUT2D eigenvalue weighted by Crippen LogP contribution is -2.17. The third-order valence-electron chi connectivity index (χ3n) is 4.43. The summed E-state index contributed by atoms with van der Waals surface area (Å²) in [7, 11) is 0. The first kappa shape index (κ1) is 14.0. The predicted octanol–water partition coefficient (Wildman–Crippen LogP) is 3.41. The number of aromatic nitrogens is 2. The zero-order valence-electron chi connectivity index (χ0n) is 12.2. The molecule has 4 nitrogen and oxygen atoms in total. The van der Waals surface area contributed by atoms with Gasteiger partial charge in [-0.3, -0.25) is 4.79 Å². The molecule has 1 saturated carbocycles. The summed E-state index contributed by atoms with van der Waals surface area (Å²) in [4.78, 5) is 16.4. The van der Waals surface area contributed by atoms with Crippen LogP contribution >= 0.6 is 11.8 Å². The molecule has 0 amide bonds. The number of rotatable bonds is 3. The Kier molecular flexibility index (Phi) is 4.06. The molecule has 0 spiro atoms. The Balaban J connectivity index is 1.85. The van der Waals surface area contributed by atoms with Gasteiger partial charge in [-0.2, -0.15) is 0 Å². The maximum Gasteiger partial charge on any atom is 0.319 e. The van der Waals surface area contributed by atoms with E-state index in [4.69, 9.17) is 9.72 Å². The molecule has 0 aromatic carbocycles. The number of imidazole rings is 1. The van der Waals surface area contributed by atoms with Gasteiger partial charge < -0.3 is 9.30 Å². The lowest BCUT2D eigenvalue weighted by molar-refractivity contribution is -0.137. The molecule has 0 N–H and O–H groups in total. The van der Waals surface area contributed by atoms with Gasteiger partial charge in [-0.15, -0.1) is 0 Å². The van der Waals surface area contributed by atoms with Crippen LogP contribution in [-0.4, -0.2) is 27.4 Å². The van der Waals surface area contributed by atoms with Crippen LogP contribution in [0.1, 0.15) is 56.0 Å². The minimum atomic E-state index is -0.0801. The molecule has 1 aliphatic heterocycles. The molecule has 0 radical (unpaired) electrons. The molecule has 0 bridgehead atoms. The van der Waals surface area contributed by atoms with E-state index in [0.717, 1.165) is 17.3 Å². The van der Waals surface area contributed by atoms with E-state index in [1.165, 1.54) is 37.8 Å². The average molecular weight is 294 g/mol. The van der Waals surface area contributed by atoms with Crippen LogP contribution in [0.2, 0.25) is 0 Å². The van der Waals surface area contributed by atoms with E-state index in [2.05, 4.69) is 18.4 Å². The van der Waals surface area contributed by atoms with Crippen molar-refractivity contribution in [2.45, 2.75) is 68.8 Å². The molecule has 1 atom stereocenters. The third kappa shape index (κ3) is 2.60. The van der Waals surface area contributed by atoms with Crippen LogP contribution in [0.25, 0.3) is 0 Å². The quantitative estimate of drug-likeness (QED) is 0.801. The van der Waals surface area contributed by atoms with Crippen molar-refractivity contribution in [3.8, 4) is 0 Å². The highest BCUT2D eigenvalue weighted by Crippen LogP contribution is 2.37. The van der Waals surface area contributed by atoms with Crippen molar-refractivity contribution in [2.24, 2.45) is 0 Å².